The molecule has 3 aliphatic heterocycles. The number of imide groups is 1. The van der Waals surface area contributed by atoms with Crippen molar-refractivity contribution in [1.82, 2.24) is 5.32 Å². The lowest BCUT2D eigenvalue weighted by Gasteiger charge is -2.29. The van der Waals surface area contributed by atoms with Gasteiger partial charge in [0.25, 0.3) is 5.91 Å². The first-order chi connectivity index (χ1) is 17.0. The quantitative estimate of drug-likeness (QED) is 0.442. The average molecular weight is 541 g/mol. The van der Waals surface area contributed by atoms with E-state index < -0.39 is 65.3 Å². The SMILES string of the molecule is O=C(COc1ccc(Cl)cc1Cl)NC[C@@]12C=C[C@@H](O1)[C@H]1C(=O)N(c3ccccc3C(F)(F)F)C(=O)[C@@H]12. The monoisotopic (exact) mass is 540 g/mol. The van der Waals surface area contributed by atoms with E-state index in [2.05, 4.69) is 5.32 Å². The molecule has 0 unspecified atom stereocenters. The summed E-state index contributed by atoms with van der Waals surface area (Å²) in [7, 11) is 0. The Bertz CT molecular complexity index is 1300. The maximum atomic E-state index is 13.6. The maximum Gasteiger partial charge on any atom is 0.418 e. The van der Waals surface area contributed by atoms with Crippen LogP contribution in [0.25, 0.3) is 0 Å². The zero-order valence-electron chi connectivity index (χ0n) is 18.2. The van der Waals surface area contributed by atoms with Crippen LogP contribution in [0, 0.1) is 11.8 Å². The van der Waals surface area contributed by atoms with Crippen LogP contribution in [-0.4, -0.2) is 42.6 Å². The Morgan fingerprint density at radius 3 is 2.61 bits per heavy atom. The number of alkyl halides is 3. The molecular formula is C24H17Cl2F3N2O5. The first-order valence-electron chi connectivity index (χ1n) is 10.8. The highest BCUT2D eigenvalue weighted by Crippen LogP contribution is 2.53. The number of benzene rings is 2. The number of hydrogen-bond acceptors (Lipinski definition) is 5. The van der Waals surface area contributed by atoms with Gasteiger partial charge in [0.2, 0.25) is 11.8 Å². The summed E-state index contributed by atoms with van der Waals surface area (Å²) in [5.41, 5.74) is -2.99. The minimum absolute atomic E-state index is 0.189. The third kappa shape index (κ3) is 4.03. The minimum atomic E-state index is -4.76. The zero-order valence-corrected chi connectivity index (χ0v) is 19.7. The molecule has 5 rings (SSSR count). The molecule has 3 aliphatic rings. The van der Waals surface area contributed by atoms with E-state index in [4.69, 9.17) is 32.7 Å². The maximum absolute atomic E-state index is 13.6. The van der Waals surface area contributed by atoms with Crippen molar-refractivity contribution in [1.29, 1.82) is 0 Å². The number of halogens is 5. The van der Waals surface area contributed by atoms with Crippen LogP contribution >= 0.6 is 23.2 Å². The molecule has 2 aromatic rings. The number of hydrogen-bond donors (Lipinski definition) is 1. The third-order valence-electron chi connectivity index (χ3n) is 6.42. The van der Waals surface area contributed by atoms with Gasteiger partial charge in [0.1, 0.15) is 11.4 Å². The van der Waals surface area contributed by atoms with E-state index >= 15 is 0 Å². The summed E-state index contributed by atoms with van der Waals surface area (Å²) in [6.45, 7) is -0.595. The van der Waals surface area contributed by atoms with Crippen LogP contribution in [0.5, 0.6) is 5.75 Å². The highest BCUT2D eigenvalue weighted by molar-refractivity contribution is 6.35. The van der Waals surface area contributed by atoms with Crippen molar-refractivity contribution in [3.8, 4) is 5.75 Å². The molecule has 188 valence electrons. The third-order valence-corrected chi connectivity index (χ3v) is 6.95. The van der Waals surface area contributed by atoms with E-state index in [1.807, 2.05) is 0 Å². The van der Waals surface area contributed by atoms with Crippen molar-refractivity contribution in [3.05, 3.63) is 70.2 Å². The van der Waals surface area contributed by atoms with Gasteiger partial charge in [-0.15, -0.1) is 0 Å². The van der Waals surface area contributed by atoms with E-state index in [1.54, 1.807) is 18.2 Å². The van der Waals surface area contributed by atoms with Gasteiger partial charge in [-0.2, -0.15) is 13.2 Å². The Morgan fingerprint density at radius 1 is 1.14 bits per heavy atom. The second-order valence-electron chi connectivity index (χ2n) is 8.57. The van der Waals surface area contributed by atoms with Gasteiger partial charge in [-0.1, -0.05) is 47.5 Å². The summed E-state index contributed by atoms with van der Waals surface area (Å²) in [5, 5.41) is 3.22. The van der Waals surface area contributed by atoms with Gasteiger partial charge in [-0.25, -0.2) is 4.90 Å². The summed E-state index contributed by atoms with van der Waals surface area (Å²) < 4.78 is 52.0. The molecule has 0 aliphatic carbocycles. The lowest BCUT2D eigenvalue weighted by molar-refractivity contribution is -0.137. The number of fused-ring (bicyclic) bond motifs is 5. The van der Waals surface area contributed by atoms with Gasteiger partial charge in [0, 0.05) is 5.02 Å². The molecule has 3 amide bonds. The molecule has 0 saturated carbocycles. The fraction of sp³-hybridized carbons (Fsp3) is 0.292. The Balaban J connectivity index is 1.32. The molecule has 3 heterocycles. The highest BCUT2D eigenvalue weighted by Gasteiger charge is 2.68. The first kappa shape index (κ1) is 24.6. The van der Waals surface area contributed by atoms with E-state index in [0.29, 0.717) is 9.92 Å². The standard InChI is InChI=1S/C24H17Cl2F3N2O5/c25-12-5-6-16(14(26)9-12)35-10-18(32)30-11-23-8-7-17(36-23)19-20(23)22(34)31(21(19)33)15-4-2-1-3-13(15)24(27,28)29/h1-9,17,19-20H,10-11H2,(H,30,32)/t17-,19-,20-,23-/m1/s1. The topological polar surface area (TPSA) is 84.9 Å². The largest absolute Gasteiger partial charge is 0.482 e. The molecule has 0 spiro atoms. The van der Waals surface area contributed by atoms with Crippen LogP contribution in [0.2, 0.25) is 10.0 Å². The molecule has 2 saturated heterocycles. The van der Waals surface area contributed by atoms with Crippen molar-refractivity contribution in [2.45, 2.75) is 17.9 Å². The molecule has 12 heteroatoms. The molecule has 2 aromatic carbocycles. The normalized spacial score (nSPS) is 26.5. The van der Waals surface area contributed by atoms with Gasteiger partial charge in [0.05, 0.1) is 40.8 Å². The fourth-order valence-electron chi connectivity index (χ4n) is 4.88. The van der Waals surface area contributed by atoms with E-state index in [0.717, 1.165) is 12.1 Å². The van der Waals surface area contributed by atoms with Crippen LogP contribution < -0.4 is 15.0 Å². The summed E-state index contributed by atoms with van der Waals surface area (Å²) in [6.07, 6.45) is -2.40. The molecule has 2 bridgehead atoms. The summed E-state index contributed by atoms with van der Waals surface area (Å²) >= 11 is 11.9. The number of para-hydroxylation sites is 1. The van der Waals surface area contributed by atoms with Crippen LogP contribution in [0.15, 0.2) is 54.6 Å². The van der Waals surface area contributed by atoms with E-state index in [-0.39, 0.29) is 17.3 Å². The predicted molar refractivity (Wildman–Crippen MR) is 123 cm³/mol. The van der Waals surface area contributed by atoms with Crippen LogP contribution in [0.1, 0.15) is 5.56 Å². The smallest absolute Gasteiger partial charge is 0.418 e. The molecule has 4 atom stereocenters. The van der Waals surface area contributed by atoms with Gasteiger partial charge < -0.3 is 14.8 Å². The molecule has 1 N–H and O–H groups in total. The van der Waals surface area contributed by atoms with Crippen molar-refractivity contribution >= 4 is 46.6 Å². The number of nitrogens with one attached hydrogen (secondary N) is 1. The molecule has 0 aromatic heterocycles. The van der Waals surface area contributed by atoms with Gasteiger partial charge >= 0.3 is 6.18 Å². The molecule has 2 fully saturated rings. The van der Waals surface area contributed by atoms with Crippen molar-refractivity contribution in [3.63, 3.8) is 0 Å². The van der Waals surface area contributed by atoms with Crippen molar-refractivity contribution in [2.24, 2.45) is 11.8 Å². The molecular weight excluding hydrogens is 524 g/mol. The molecule has 7 nitrogen and oxygen atoms in total. The van der Waals surface area contributed by atoms with Crippen LogP contribution in [0.3, 0.4) is 0 Å². The second kappa shape index (κ2) is 8.79. The lowest BCUT2D eigenvalue weighted by atomic mass is 9.77. The number of nitrogens with zero attached hydrogens (tertiary/aromatic N) is 1. The number of anilines is 1. The van der Waals surface area contributed by atoms with Gasteiger partial charge in [-0.3, -0.25) is 14.4 Å². The highest BCUT2D eigenvalue weighted by atomic mass is 35.5. The van der Waals surface area contributed by atoms with E-state index in [9.17, 15) is 27.6 Å². The molecule has 0 radical (unpaired) electrons. The first-order valence-corrected chi connectivity index (χ1v) is 11.5. The number of rotatable bonds is 6. The Kier molecular flexibility index (Phi) is 6.01. The summed E-state index contributed by atoms with van der Waals surface area (Å²) in [5.74, 6) is -3.99. The predicted octanol–water partition coefficient (Wildman–Crippen LogP) is 4.02. The molecule has 36 heavy (non-hydrogen) atoms. The zero-order chi connectivity index (χ0) is 25.8. The average Bonchev–Trinajstić information content (AvgIpc) is 3.46. The summed E-state index contributed by atoms with van der Waals surface area (Å²) in [4.78, 5) is 39.5. The lowest BCUT2D eigenvalue weighted by Crippen LogP contribution is -2.49. The number of ether oxygens (including phenoxy) is 2. The van der Waals surface area contributed by atoms with Crippen LogP contribution in [0.4, 0.5) is 18.9 Å². The number of amides is 3. The van der Waals surface area contributed by atoms with Crippen LogP contribution in [-0.2, 0) is 25.3 Å². The summed E-state index contributed by atoms with van der Waals surface area (Å²) in [6, 6.07) is 8.91. The fourth-order valence-corrected chi connectivity index (χ4v) is 5.34. The number of carbonyl (C=O) groups excluding carboxylic acids is 3. The Morgan fingerprint density at radius 2 is 1.89 bits per heavy atom. The number of carbonyl (C=O) groups is 3. The van der Waals surface area contributed by atoms with Gasteiger partial charge in [0.15, 0.2) is 6.61 Å². The Labute approximate surface area is 212 Å². The van der Waals surface area contributed by atoms with Gasteiger partial charge in [-0.05, 0) is 30.3 Å². The van der Waals surface area contributed by atoms with Crippen molar-refractivity contribution < 1.29 is 37.0 Å². The second-order valence-corrected chi connectivity index (χ2v) is 9.41. The van der Waals surface area contributed by atoms with Crippen molar-refractivity contribution in [2.75, 3.05) is 18.1 Å². The Hall–Kier alpha value is -3.08. The van der Waals surface area contributed by atoms with E-state index in [1.165, 1.54) is 24.3 Å². The minimum Gasteiger partial charge on any atom is -0.482 e.